The second-order valence-corrected chi connectivity index (χ2v) is 4.65. The van der Waals surface area contributed by atoms with Gasteiger partial charge in [0.2, 0.25) is 5.16 Å². The van der Waals surface area contributed by atoms with Crippen LogP contribution in [0.25, 0.3) is 0 Å². The number of tetrazole rings is 1. The van der Waals surface area contributed by atoms with E-state index in [2.05, 4.69) is 15.5 Å². The van der Waals surface area contributed by atoms with E-state index in [9.17, 15) is 4.39 Å². The summed E-state index contributed by atoms with van der Waals surface area (Å²) >= 11 is 1.46. The topological polar surface area (TPSA) is 69.6 Å². The Morgan fingerprint density at radius 1 is 1.41 bits per heavy atom. The fourth-order valence-electron chi connectivity index (χ4n) is 1.38. The maximum atomic E-state index is 12.8. The van der Waals surface area contributed by atoms with Gasteiger partial charge < -0.3 is 5.73 Å². The maximum Gasteiger partial charge on any atom is 0.209 e. The molecule has 0 amide bonds. The maximum absolute atomic E-state index is 12.8. The van der Waals surface area contributed by atoms with Gasteiger partial charge in [-0.1, -0.05) is 23.9 Å². The van der Waals surface area contributed by atoms with Crippen molar-refractivity contribution < 1.29 is 4.39 Å². The number of nitrogens with two attached hydrogens (primary N) is 1. The van der Waals surface area contributed by atoms with Gasteiger partial charge in [0.25, 0.3) is 0 Å². The molecule has 0 spiro atoms. The summed E-state index contributed by atoms with van der Waals surface area (Å²) in [6.45, 7) is 0.434. The molecule has 90 valence electrons. The lowest BCUT2D eigenvalue weighted by Crippen LogP contribution is -2.10. The van der Waals surface area contributed by atoms with Crippen LogP contribution in [0.5, 0.6) is 0 Å². The van der Waals surface area contributed by atoms with Crippen LogP contribution in [-0.2, 0) is 7.05 Å². The minimum atomic E-state index is -0.255. The van der Waals surface area contributed by atoms with Crippen molar-refractivity contribution in [2.24, 2.45) is 12.8 Å². The van der Waals surface area contributed by atoms with Crippen LogP contribution in [0, 0.1) is 5.82 Å². The summed E-state index contributed by atoms with van der Waals surface area (Å²) in [5.74, 6) is -0.255. The van der Waals surface area contributed by atoms with Crippen molar-refractivity contribution in [3.63, 3.8) is 0 Å². The van der Waals surface area contributed by atoms with E-state index in [0.717, 1.165) is 5.56 Å². The highest BCUT2D eigenvalue weighted by Crippen LogP contribution is 2.32. The summed E-state index contributed by atoms with van der Waals surface area (Å²) in [5.41, 5.74) is 6.68. The number of aryl methyl sites for hydroxylation is 1. The smallest absolute Gasteiger partial charge is 0.209 e. The minimum Gasteiger partial charge on any atom is -0.329 e. The molecule has 5 nitrogen and oxygen atoms in total. The lowest BCUT2D eigenvalue weighted by Gasteiger charge is -2.13. The predicted molar refractivity (Wildman–Crippen MR) is 62.9 cm³/mol. The monoisotopic (exact) mass is 253 g/mol. The summed E-state index contributed by atoms with van der Waals surface area (Å²) in [6.07, 6.45) is 0. The molecule has 1 atom stereocenters. The van der Waals surface area contributed by atoms with Crippen LogP contribution >= 0.6 is 11.8 Å². The second kappa shape index (κ2) is 5.24. The third kappa shape index (κ3) is 2.80. The number of hydrogen-bond donors (Lipinski definition) is 1. The second-order valence-electron chi connectivity index (χ2n) is 3.48. The summed E-state index contributed by atoms with van der Waals surface area (Å²) in [5, 5.41) is 11.9. The van der Waals surface area contributed by atoms with E-state index in [1.807, 2.05) is 0 Å². The van der Waals surface area contributed by atoms with E-state index in [4.69, 9.17) is 5.73 Å². The van der Waals surface area contributed by atoms with Gasteiger partial charge in [0.1, 0.15) is 5.82 Å². The van der Waals surface area contributed by atoms with Gasteiger partial charge in [0, 0.05) is 18.8 Å². The number of rotatable bonds is 4. The van der Waals surface area contributed by atoms with E-state index >= 15 is 0 Å². The van der Waals surface area contributed by atoms with E-state index in [1.165, 1.54) is 23.9 Å². The number of nitrogens with zero attached hydrogens (tertiary/aromatic N) is 4. The van der Waals surface area contributed by atoms with Crippen molar-refractivity contribution in [2.45, 2.75) is 10.4 Å². The van der Waals surface area contributed by atoms with Crippen LogP contribution in [-0.4, -0.2) is 26.8 Å². The third-order valence-electron chi connectivity index (χ3n) is 2.28. The van der Waals surface area contributed by atoms with E-state index in [-0.39, 0.29) is 11.1 Å². The normalized spacial score (nSPS) is 12.6. The van der Waals surface area contributed by atoms with E-state index in [0.29, 0.717) is 11.7 Å². The Bertz CT molecular complexity index is 484. The van der Waals surface area contributed by atoms with Crippen LogP contribution in [0.1, 0.15) is 10.8 Å². The van der Waals surface area contributed by atoms with Crippen molar-refractivity contribution in [2.75, 3.05) is 6.54 Å². The number of benzene rings is 1. The Morgan fingerprint density at radius 2 is 2.12 bits per heavy atom. The van der Waals surface area contributed by atoms with Gasteiger partial charge in [-0.25, -0.2) is 9.07 Å². The van der Waals surface area contributed by atoms with Crippen molar-refractivity contribution in [1.29, 1.82) is 0 Å². The third-order valence-corrected chi connectivity index (χ3v) is 3.59. The molecule has 0 saturated carbocycles. The molecular formula is C10H12FN5S. The zero-order valence-corrected chi connectivity index (χ0v) is 10.1. The van der Waals surface area contributed by atoms with Crippen molar-refractivity contribution in [1.82, 2.24) is 20.2 Å². The summed E-state index contributed by atoms with van der Waals surface area (Å²) < 4.78 is 14.4. The standard InChI is InChI=1S/C10H12FN5S/c1-16-10(13-14-15-16)17-9(6-12)7-2-4-8(11)5-3-7/h2-5,9H,6,12H2,1H3. The van der Waals surface area contributed by atoms with Crippen LogP contribution in [0.15, 0.2) is 29.4 Å². The molecule has 1 heterocycles. The highest BCUT2D eigenvalue weighted by Gasteiger charge is 2.15. The van der Waals surface area contributed by atoms with Gasteiger partial charge in [0.05, 0.1) is 0 Å². The molecule has 2 N–H and O–H groups in total. The molecule has 0 fully saturated rings. The van der Waals surface area contributed by atoms with Crippen LogP contribution < -0.4 is 5.73 Å². The Labute approximate surface area is 102 Å². The number of thioether (sulfide) groups is 1. The molecule has 1 aromatic heterocycles. The van der Waals surface area contributed by atoms with Gasteiger partial charge >= 0.3 is 0 Å². The van der Waals surface area contributed by atoms with Crippen molar-refractivity contribution in [3.05, 3.63) is 35.6 Å². The number of hydrogen-bond acceptors (Lipinski definition) is 5. The van der Waals surface area contributed by atoms with E-state index < -0.39 is 0 Å². The van der Waals surface area contributed by atoms with E-state index in [1.54, 1.807) is 23.9 Å². The van der Waals surface area contributed by atoms with Gasteiger partial charge in [-0.3, -0.25) is 0 Å². The molecule has 0 bridgehead atoms. The molecule has 0 aliphatic heterocycles. The quantitative estimate of drug-likeness (QED) is 0.827. The SMILES string of the molecule is Cn1nnnc1SC(CN)c1ccc(F)cc1. The molecule has 0 saturated heterocycles. The highest BCUT2D eigenvalue weighted by atomic mass is 32.2. The first-order valence-corrected chi connectivity index (χ1v) is 5.93. The lowest BCUT2D eigenvalue weighted by molar-refractivity contribution is 0.626. The van der Waals surface area contributed by atoms with Crippen LogP contribution in [0.2, 0.25) is 0 Å². The Kier molecular flexibility index (Phi) is 3.70. The average molecular weight is 253 g/mol. The first-order valence-electron chi connectivity index (χ1n) is 5.05. The first kappa shape index (κ1) is 12.0. The molecule has 1 aromatic carbocycles. The Balaban J connectivity index is 2.17. The first-order chi connectivity index (χ1) is 8.20. The Morgan fingerprint density at radius 3 is 2.65 bits per heavy atom. The number of halogens is 1. The van der Waals surface area contributed by atoms with Gasteiger partial charge in [-0.15, -0.1) is 5.10 Å². The molecule has 17 heavy (non-hydrogen) atoms. The summed E-state index contributed by atoms with van der Waals surface area (Å²) in [6, 6.07) is 6.30. The fourth-order valence-corrected chi connectivity index (χ4v) is 2.29. The molecule has 0 aliphatic carbocycles. The van der Waals surface area contributed by atoms with Gasteiger partial charge in [0.15, 0.2) is 0 Å². The number of aromatic nitrogens is 4. The molecule has 1 unspecified atom stereocenters. The summed E-state index contributed by atoms with van der Waals surface area (Å²) in [7, 11) is 1.76. The zero-order valence-electron chi connectivity index (χ0n) is 9.25. The molecule has 2 rings (SSSR count). The van der Waals surface area contributed by atoms with Crippen LogP contribution in [0.3, 0.4) is 0 Å². The molecule has 0 radical (unpaired) electrons. The molecular weight excluding hydrogens is 241 g/mol. The fraction of sp³-hybridized carbons (Fsp3) is 0.300. The Hall–Kier alpha value is -1.47. The highest BCUT2D eigenvalue weighted by molar-refractivity contribution is 7.99. The molecule has 0 aliphatic rings. The molecule has 7 heteroatoms. The van der Waals surface area contributed by atoms with Crippen molar-refractivity contribution >= 4 is 11.8 Å². The minimum absolute atomic E-state index is 0.0142. The largest absolute Gasteiger partial charge is 0.329 e. The average Bonchev–Trinajstić information content (AvgIpc) is 2.73. The summed E-state index contributed by atoms with van der Waals surface area (Å²) in [4.78, 5) is 0. The van der Waals surface area contributed by atoms with Gasteiger partial charge in [-0.05, 0) is 28.1 Å². The predicted octanol–water partition coefficient (Wildman–Crippen LogP) is 1.14. The lowest BCUT2D eigenvalue weighted by atomic mass is 10.1. The van der Waals surface area contributed by atoms with Crippen LogP contribution in [0.4, 0.5) is 4.39 Å². The molecule has 2 aromatic rings. The van der Waals surface area contributed by atoms with Crippen molar-refractivity contribution in [3.8, 4) is 0 Å². The van der Waals surface area contributed by atoms with Gasteiger partial charge in [-0.2, -0.15) is 0 Å². The zero-order chi connectivity index (χ0) is 12.3.